The molecule has 0 aliphatic heterocycles. The normalized spacial score (nSPS) is 11.9. The van der Waals surface area contributed by atoms with Crippen molar-refractivity contribution < 1.29 is 19.6 Å². The fraction of sp³-hybridized carbons (Fsp3) is 0.417. The third-order valence-electron chi connectivity index (χ3n) is 2.71. The topological polar surface area (TPSA) is 119 Å². The van der Waals surface area contributed by atoms with E-state index in [2.05, 4.69) is 0 Å². The molecule has 8 nitrogen and oxygen atoms in total. The Morgan fingerprint density at radius 1 is 1.60 bits per heavy atom. The van der Waals surface area contributed by atoms with Crippen molar-refractivity contribution in [1.29, 1.82) is 0 Å². The minimum atomic E-state index is -0.777. The number of aliphatic hydroxyl groups excluding tert-OH is 1. The summed E-state index contributed by atoms with van der Waals surface area (Å²) in [4.78, 5) is 23.0. The SMILES string of the molecule is COCC(O)CN(C)c1ccc(C(N)=O)cc1[N+](=O)[O-]. The second-order valence-electron chi connectivity index (χ2n) is 4.31. The highest BCUT2D eigenvalue weighted by Crippen LogP contribution is 2.28. The molecule has 3 N–H and O–H groups in total. The number of rotatable bonds is 7. The summed E-state index contributed by atoms with van der Waals surface area (Å²) in [5, 5.41) is 20.7. The van der Waals surface area contributed by atoms with Gasteiger partial charge in [0.1, 0.15) is 5.69 Å². The lowest BCUT2D eigenvalue weighted by Crippen LogP contribution is -2.32. The Labute approximate surface area is 115 Å². The van der Waals surface area contributed by atoms with E-state index in [0.29, 0.717) is 0 Å². The van der Waals surface area contributed by atoms with Crippen LogP contribution >= 0.6 is 0 Å². The van der Waals surface area contributed by atoms with E-state index in [1.807, 2.05) is 0 Å². The van der Waals surface area contributed by atoms with E-state index in [-0.39, 0.29) is 30.1 Å². The third kappa shape index (κ3) is 3.90. The van der Waals surface area contributed by atoms with Crippen LogP contribution in [0.1, 0.15) is 10.4 Å². The van der Waals surface area contributed by atoms with Gasteiger partial charge in [0.2, 0.25) is 5.91 Å². The van der Waals surface area contributed by atoms with Gasteiger partial charge in [0, 0.05) is 32.3 Å². The number of likely N-dealkylation sites (N-methyl/N-ethyl adjacent to an activating group) is 1. The first-order valence-corrected chi connectivity index (χ1v) is 5.83. The quantitative estimate of drug-likeness (QED) is 0.542. The summed E-state index contributed by atoms with van der Waals surface area (Å²) in [6.07, 6.45) is -0.777. The van der Waals surface area contributed by atoms with Crippen LogP contribution in [0.2, 0.25) is 0 Å². The Kier molecular flexibility index (Phi) is 5.42. The summed E-state index contributed by atoms with van der Waals surface area (Å²) in [5.41, 5.74) is 5.20. The summed E-state index contributed by atoms with van der Waals surface area (Å²) in [6.45, 7) is 0.280. The summed E-state index contributed by atoms with van der Waals surface area (Å²) in [5.74, 6) is -0.735. The van der Waals surface area contributed by atoms with Gasteiger partial charge in [-0.05, 0) is 12.1 Å². The van der Waals surface area contributed by atoms with Gasteiger partial charge in [0.05, 0.1) is 17.6 Å². The molecular weight excluding hydrogens is 266 g/mol. The molecule has 0 radical (unpaired) electrons. The molecule has 8 heteroatoms. The number of methoxy groups -OCH3 is 1. The number of carbonyl (C=O) groups is 1. The van der Waals surface area contributed by atoms with Crippen molar-refractivity contribution in [2.45, 2.75) is 6.10 Å². The van der Waals surface area contributed by atoms with Crippen molar-refractivity contribution in [3.63, 3.8) is 0 Å². The average Bonchev–Trinajstić information content (AvgIpc) is 2.37. The van der Waals surface area contributed by atoms with Gasteiger partial charge in [-0.15, -0.1) is 0 Å². The molecule has 20 heavy (non-hydrogen) atoms. The molecule has 0 aliphatic rings. The molecule has 0 fully saturated rings. The lowest BCUT2D eigenvalue weighted by molar-refractivity contribution is -0.384. The van der Waals surface area contributed by atoms with Crippen molar-refractivity contribution in [2.75, 3.05) is 32.2 Å². The first-order valence-electron chi connectivity index (χ1n) is 5.83. The highest BCUT2D eigenvalue weighted by Gasteiger charge is 2.20. The van der Waals surface area contributed by atoms with Crippen molar-refractivity contribution in [1.82, 2.24) is 0 Å². The second-order valence-corrected chi connectivity index (χ2v) is 4.31. The van der Waals surface area contributed by atoms with Gasteiger partial charge < -0.3 is 20.5 Å². The number of hydrogen-bond donors (Lipinski definition) is 2. The number of aliphatic hydroxyl groups is 1. The first kappa shape index (κ1) is 15.9. The van der Waals surface area contributed by atoms with Crippen LogP contribution in [-0.2, 0) is 4.74 Å². The fourth-order valence-electron chi connectivity index (χ4n) is 1.81. The standard InChI is InChI=1S/C12H17N3O5/c1-14(6-9(16)7-20-2)10-4-3-8(12(13)17)5-11(10)15(18)19/h3-5,9,16H,6-7H2,1-2H3,(H2,13,17). The van der Waals surface area contributed by atoms with Crippen molar-refractivity contribution in [2.24, 2.45) is 5.73 Å². The lowest BCUT2D eigenvalue weighted by atomic mass is 10.1. The fourth-order valence-corrected chi connectivity index (χ4v) is 1.81. The van der Waals surface area contributed by atoms with E-state index < -0.39 is 16.9 Å². The van der Waals surface area contributed by atoms with Crippen LogP contribution in [-0.4, -0.2) is 49.4 Å². The number of nitrogens with zero attached hydrogens (tertiary/aromatic N) is 2. The van der Waals surface area contributed by atoms with E-state index in [4.69, 9.17) is 10.5 Å². The van der Waals surface area contributed by atoms with Gasteiger partial charge in [0.25, 0.3) is 5.69 Å². The van der Waals surface area contributed by atoms with Gasteiger partial charge in [-0.3, -0.25) is 14.9 Å². The Morgan fingerprint density at radius 3 is 2.75 bits per heavy atom. The third-order valence-corrected chi connectivity index (χ3v) is 2.71. The summed E-state index contributed by atoms with van der Waals surface area (Å²) in [6, 6.07) is 3.96. The number of nitrogens with two attached hydrogens (primary N) is 1. The van der Waals surface area contributed by atoms with Gasteiger partial charge in [-0.25, -0.2) is 0 Å². The number of amides is 1. The highest BCUT2D eigenvalue weighted by atomic mass is 16.6. The molecule has 1 amide bonds. The number of carbonyl (C=O) groups excluding carboxylic acids is 1. The maximum Gasteiger partial charge on any atom is 0.293 e. The van der Waals surface area contributed by atoms with Crippen LogP contribution in [0, 0.1) is 10.1 Å². The number of primary amides is 1. The number of anilines is 1. The molecule has 0 bridgehead atoms. The number of benzene rings is 1. The average molecular weight is 283 g/mol. The molecule has 1 aromatic carbocycles. The number of hydrogen-bond acceptors (Lipinski definition) is 6. The van der Waals surface area contributed by atoms with Crippen LogP contribution in [0.4, 0.5) is 11.4 Å². The molecule has 0 aliphatic carbocycles. The molecule has 0 heterocycles. The first-order chi connectivity index (χ1) is 9.36. The van der Waals surface area contributed by atoms with Crippen molar-refractivity contribution in [3.05, 3.63) is 33.9 Å². The molecule has 1 aromatic rings. The summed E-state index contributed by atoms with van der Waals surface area (Å²) < 4.78 is 4.80. The van der Waals surface area contributed by atoms with Crippen molar-refractivity contribution in [3.8, 4) is 0 Å². The Balaban J connectivity index is 3.04. The molecule has 1 rings (SSSR count). The van der Waals surface area contributed by atoms with Crippen molar-refractivity contribution >= 4 is 17.3 Å². The monoisotopic (exact) mass is 283 g/mol. The largest absolute Gasteiger partial charge is 0.389 e. The van der Waals surface area contributed by atoms with Crippen LogP contribution in [0.25, 0.3) is 0 Å². The maximum atomic E-state index is 11.1. The van der Waals surface area contributed by atoms with Gasteiger partial charge in [0.15, 0.2) is 0 Å². The van der Waals surface area contributed by atoms with Gasteiger partial charge in [-0.1, -0.05) is 0 Å². The molecule has 110 valence electrons. The minimum Gasteiger partial charge on any atom is -0.389 e. The molecule has 0 aromatic heterocycles. The summed E-state index contributed by atoms with van der Waals surface area (Å²) in [7, 11) is 3.05. The van der Waals surface area contributed by atoms with E-state index in [1.54, 1.807) is 7.05 Å². The zero-order valence-corrected chi connectivity index (χ0v) is 11.3. The minimum absolute atomic E-state index is 0.0614. The molecule has 0 saturated carbocycles. The second kappa shape index (κ2) is 6.83. The van der Waals surface area contributed by atoms with Crippen LogP contribution < -0.4 is 10.6 Å². The van der Waals surface area contributed by atoms with E-state index in [9.17, 15) is 20.0 Å². The zero-order valence-electron chi connectivity index (χ0n) is 11.3. The molecule has 0 spiro atoms. The van der Waals surface area contributed by atoms with E-state index in [0.717, 1.165) is 6.07 Å². The molecule has 1 atom stereocenters. The van der Waals surface area contributed by atoms with Gasteiger partial charge in [-0.2, -0.15) is 0 Å². The van der Waals surface area contributed by atoms with Crippen LogP contribution in [0.5, 0.6) is 0 Å². The zero-order chi connectivity index (χ0) is 15.3. The predicted molar refractivity (Wildman–Crippen MR) is 72.8 cm³/mol. The summed E-state index contributed by atoms with van der Waals surface area (Å²) >= 11 is 0. The smallest absolute Gasteiger partial charge is 0.293 e. The number of ether oxygens (including phenoxy) is 1. The van der Waals surface area contributed by atoms with Gasteiger partial charge >= 0.3 is 0 Å². The molecule has 0 saturated heterocycles. The predicted octanol–water partition coefficient (Wildman–Crippen LogP) is 0.137. The Hall–Kier alpha value is -2.19. The molecular formula is C12H17N3O5. The highest BCUT2D eigenvalue weighted by molar-refractivity contribution is 5.94. The van der Waals surface area contributed by atoms with Crippen LogP contribution in [0.15, 0.2) is 18.2 Å². The Bertz CT molecular complexity index is 506. The Morgan fingerprint density at radius 2 is 2.25 bits per heavy atom. The lowest BCUT2D eigenvalue weighted by Gasteiger charge is -2.22. The van der Waals surface area contributed by atoms with Crippen LogP contribution in [0.3, 0.4) is 0 Å². The molecule has 1 unspecified atom stereocenters. The number of nitro benzene ring substituents is 1. The van der Waals surface area contributed by atoms with E-state index >= 15 is 0 Å². The maximum absolute atomic E-state index is 11.1. The number of nitro groups is 1. The van der Waals surface area contributed by atoms with E-state index in [1.165, 1.54) is 24.1 Å².